The number of H-pyrrole nitrogens is 1. The summed E-state index contributed by atoms with van der Waals surface area (Å²) in [7, 11) is 0. The minimum Gasteiger partial charge on any atom is -0.396 e. The van der Waals surface area contributed by atoms with E-state index >= 15 is 0 Å². The molecule has 5 rings (SSSR count). The maximum atomic E-state index is 8.93. The minimum atomic E-state index is 0.148. The number of pyridine rings is 1. The molecule has 33 heavy (non-hydrogen) atoms. The van der Waals surface area contributed by atoms with E-state index in [0.29, 0.717) is 24.6 Å². The normalized spacial score (nSPS) is 13.9. The zero-order chi connectivity index (χ0) is 22.5. The summed E-state index contributed by atoms with van der Waals surface area (Å²) in [5, 5.41) is 15.4. The standard InChI is InChI=1S/C23H26N8O2/c32-11-1-8-24-19-7-2-16(14-25-19)20-21-22(27-15-26-21)30-23(29-20)28-17-3-5-18(6-4-17)31-9-12-33-13-10-31/h2-7,14-15,32H,1,8-13H2,(H,24,25)(H2,26,27,28,29,30). The highest BCUT2D eigenvalue weighted by Crippen LogP contribution is 2.27. The molecule has 4 heterocycles. The van der Waals surface area contributed by atoms with E-state index in [0.717, 1.165) is 54.6 Å². The molecule has 4 N–H and O–H groups in total. The number of ether oxygens (including phenoxy) is 1. The van der Waals surface area contributed by atoms with Crippen molar-refractivity contribution in [2.24, 2.45) is 0 Å². The Morgan fingerprint density at radius 1 is 1.03 bits per heavy atom. The molecule has 0 amide bonds. The van der Waals surface area contributed by atoms with Crippen molar-refractivity contribution < 1.29 is 9.84 Å². The van der Waals surface area contributed by atoms with Crippen molar-refractivity contribution in [1.29, 1.82) is 0 Å². The summed E-state index contributed by atoms with van der Waals surface area (Å²) >= 11 is 0. The van der Waals surface area contributed by atoms with Crippen LogP contribution in [-0.2, 0) is 4.74 Å². The Labute approximate surface area is 191 Å². The Morgan fingerprint density at radius 3 is 2.64 bits per heavy atom. The number of aliphatic hydroxyl groups is 1. The monoisotopic (exact) mass is 446 g/mol. The number of hydrogen-bond acceptors (Lipinski definition) is 9. The van der Waals surface area contributed by atoms with E-state index in [-0.39, 0.29) is 6.61 Å². The zero-order valence-electron chi connectivity index (χ0n) is 18.2. The van der Waals surface area contributed by atoms with Crippen molar-refractivity contribution in [3.8, 4) is 11.3 Å². The average Bonchev–Trinajstić information content (AvgIpc) is 3.34. The molecule has 1 fully saturated rings. The summed E-state index contributed by atoms with van der Waals surface area (Å²) in [6.07, 6.45) is 4.05. The van der Waals surface area contributed by atoms with Crippen molar-refractivity contribution in [2.75, 3.05) is 55.0 Å². The number of morpholine rings is 1. The van der Waals surface area contributed by atoms with Gasteiger partial charge in [0.15, 0.2) is 5.65 Å². The molecule has 3 aromatic heterocycles. The van der Waals surface area contributed by atoms with Gasteiger partial charge in [-0.25, -0.2) is 15.0 Å². The van der Waals surface area contributed by atoms with Crippen LogP contribution in [0.1, 0.15) is 6.42 Å². The lowest BCUT2D eigenvalue weighted by Gasteiger charge is -2.28. The Balaban J connectivity index is 1.36. The fraction of sp³-hybridized carbons (Fsp3) is 0.304. The molecule has 10 nitrogen and oxygen atoms in total. The Bertz CT molecular complexity index is 1190. The molecule has 0 spiro atoms. The largest absolute Gasteiger partial charge is 0.396 e. The molecular formula is C23H26N8O2. The van der Waals surface area contributed by atoms with E-state index < -0.39 is 0 Å². The Hall–Kier alpha value is -3.76. The van der Waals surface area contributed by atoms with E-state index in [1.807, 2.05) is 24.3 Å². The quantitative estimate of drug-likeness (QED) is 0.302. The van der Waals surface area contributed by atoms with Crippen LogP contribution in [0.25, 0.3) is 22.4 Å². The lowest BCUT2D eigenvalue weighted by molar-refractivity contribution is 0.122. The highest BCUT2D eigenvalue weighted by molar-refractivity contribution is 5.88. The number of imidazole rings is 1. The minimum absolute atomic E-state index is 0.148. The summed E-state index contributed by atoms with van der Waals surface area (Å²) in [6.45, 7) is 4.14. The van der Waals surface area contributed by atoms with Crippen LogP contribution in [0.2, 0.25) is 0 Å². The first-order valence-corrected chi connectivity index (χ1v) is 11.0. The topological polar surface area (TPSA) is 124 Å². The van der Waals surface area contributed by atoms with Crippen LogP contribution in [0.15, 0.2) is 48.9 Å². The fourth-order valence-corrected chi connectivity index (χ4v) is 3.74. The van der Waals surface area contributed by atoms with Gasteiger partial charge in [-0.05, 0) is 42.8 Å². The summed E-state index contributed by atoms with van der Waals surface area (Å²) in [5.74, 6) is 1.22. The van der Waals surface area contributed by atoms with Gasteiger partial charge < -0.3 is 30.4 Å². The van der Waals surface area contributed by atoms with E-state index in [2.05, 4.69) is 47.6 Å². The number of aliphatic hydroxyl groups excluding tert-OH is 1. The van der Waals surface area contributed by atoms with Gasteiger partial charge in [0, 0.05) is 49.4 Å². The number of fused-ring (bicyclic) bond motifs is 1. The molecule has 0 saturated carbocycles. The number of anilines is 4. The molecule has 1 aliphatic heterocycles. The SMILES string of the molecule is OCCCNc1ccc(-c2nc(Nc3ccc(N4CCOCC4)cc3)nc3nc[nH]c23)cn1. The number of benzene rings is 1. The van der Waals surface area contributed by atoms with Crippen molar-refractivity contribution in [3.63, 3.8) is 0 Å². The van der Waals surface area contributed by atoms with Gasteiger partial charge in [-0.2, -0.15) is 4.98 Å². The third-order valence-corrected chi connectivity index (χ3v) is 5.46. The van der Waals surface area contributed by atoms with Crippen molar-refractivity contribution in [2.45, 2.75) is 6.42 Å². The second-order valence-electron chi connectivity index (χ2n) is 7.70. The van der Waals surface area contributed by atoms with E-state index in [9.17, 15) is 0 Å². The lowest BCUT2D eigenvalue weighted by atomic mass is 10.2. The molecule has 0 radical (unpaired) electrons. The number of nitrogens with one attached hydrogen (secondary N) is 3. The molecule has 0 aliphatic carbocycles. The van der Waals surface area contributed by atoms with Gasteiger partial charge in [-0.3, -0.25) is 0 Å². The van der Waals surface area contributed by atoms with E-state index in [1.54, 1.807) is 12.5 Å². The molecule has 1 saturated heterocycles. The molecule has 0 bridgehead atoms. The Morgan fingerprint density at radius 2 is 1.88 bits per heavy atom. The number of hydrogen-bond donors (Lipinski definition) is 4. The predicted molar refractivity (Wildman–Crippen MR) is 128 cm³/mol. The van der Waals surface area contributed by atoms with Gasteiger partial charge in [-0.15, -0.1) is 0 Å². The first kappa shape index (κ1) is 21.1. The smallest absolute Gasteiger partial charge is 0.229 e. The summed E-state index contributed by atoms with van der Waals surface area (Å²) in [5.41, 5.74) is 4.98. The third kappa shape index (κ3) is 4.86. The van der Waals surface area contributed by atoms with Crippen LogP contribution < -0.4 is 15.5 Å². The van der Waals surface area contributed by atoms with Crippen LogP contribution in [0, 0.1) is 0 Å². The van der Waals surface area contributed by atoms with Crippen LogP contribution in [-0.4, -0.2) is 69.5 Å². The zero-order valence-corrected chi connectivity index (χ0v) is 18.2. The van der Waals surface area contributed by atoms with Crippen molar-refractivity contribution in [1.82, 2.24) is 24.9 Å². The average molecular weight is 447 g/mol. The Kier molecular flexibility index (Phi) is 6.27. The summed E-state index contributed by atoms with van der Waals surface area (Å²) in [4.78, 5) is 23.5. The van der Waals surface area contributed by atoms with Crippen LogP contribution in [0.4, 0.5) is 23.1 Å². The number of nitrogens with zero attached hydrogens (tertiary/aromatic N) is 5. The third-order valence-electron chi connectivity index (χ3n) is 5.46. The molecule has 0 unspecified atom stereocenters. The first-order valence-electron chi connectivity index (χ1n) is 11.0. The molecular weight excluding hydrogens is 420 g/mol. The molecule has 170 valence electrons. The van der Waals surface area contributed by atoms with Crippen LogP contribution >= 0.6 is 0 Å². The predicted octanol–water partition coefficient (Wildman–Crippen LogP) is 2.79. The van der Waals surface area contributed by atoms with Gasteiger partial charge in [0.2, 0.25) is 5.95 Å². The molecule has 0 atom stereocenters. The molecule has 1 aliphatic rings. The molecule has 10 heteroatoms. The van der Waals surface area contributed by atoms with E-state index in [1.165, 1.54) is 5.69 Å². The first-order chi connectivity index (χ1) is 16.3. The lowest BCUT2D eigenvalue weighted by Crippen LogP contribution is -2.36. The molecule has 1 aromatic carbocycles. The maximum absolute atomic E-state index is 8.93. The van der Waals surface area contributed by atoms with Gasteiger partial charge in [0.25, 0.3) is 0 Å². The van der Waals surface area contributed by atoms with Gasteiger partial charge in [0.05, 0.1) is 19.5 Å². The van der Waals surface area contributed by atoms with Crippen LogP contribution in [0.3, 0.4) is 0 Å². The second-order valence-corrected chi connectivity index (χ2v) is 7.70. The molecule has 4 aromatic rings. The van der Waals surface area contributed by atoms with Crippen LogP contribution in [0.5, 0.6) is 0 Å². The maximum Gasteiger partial charge on any atom is 0.229 e. The highest BCUT2D eigenvalue weighted by atomic mass is 16.5. The summed E-state index contributed by atoms with van der Waals surface area (Å²) in [6, 6.07) is 12.1. The highest BCUT2D eigenvalue weighted by Gasteiger charge is 2.14. The number of aromatic amines is 1. The van der Waals surface area contributed by atoms with Gasteiger partial charge in [0.1, 0.15) is 17.0 Å². The van der Waals surface area contributed by atoms with Gasteiger partial charge >= 0.3 is 0 Å². The fourth-order valence-electron chi connectivity index (χ4n) is 3.74. The van der Waals surface area contributed by atoms with Crippen molar-refractivity contribution in [3.05, 3.63) is 48.9 Å². The van der Waals surface area contributed by atoms with E-state index in [4.69, 9.17) is 14.8 Å². The van der Waals surface area contributed by atoms with Crippen molar-refractivity contribution >= 4 is 34.3 Å². The number of aromatic nitrogens is 5. The summed E-state index contributed by atoms with van der Waals surface area (Å²) < 4.78 is 5.43. The second kappa shape index (κ2) is 9.80. The number of rotatable bonds is 8. The van der Waals surface area contributed by atoms with Gasteiger partial charge in [-0.1, -0.05) is 0 Å².